The van der Waals surface area contributed by atoms with Crippen molar-refractivity contribution in [2.75, 3.05) is 13.1 Å². The van der Waals surface area contributed by atoms with Gasteiger partial charge in [0.2, 0.25) is 0 Å². The predicted octanol–water partition coefficient (Wildman–Crippen LogP) is 5.37. The molecule has 1 heterocycles. The van der Waals surface area contributed by atoms with Crippen LogP contribution in [0.25, 0.3) is 0 Å². The predicted molar refractivity (Wildman–Crippen MR) is 107 cm³/mol. The lowest BCUT2D eigenvalue weighted by Gasteiger charge is -2.60. The molecule has 146 valence electrons. The van der Waals surface area contributed by atoms with Crippen molar-refractivity contribution in [3.63, 3.8) is 0 Å². The Balaban J connectivity index is 1.38. The van der Waals surface area contributed by atoms with Crippen LogP contribution >= 0.6 is 0 Å². The Bertz CT molecular complexity index is 579. The number of hydrogen-bond donors (Lipinski definition) is 1. The van der Waals surface area contributed by atoms with Crippen molar-refractivity contribution in [3.05, 3.63) is 11.8 Å². The largest absolute Gasteiger partial charge is 0.393 e. The molecule has 4 aliphatic carbocycles. The molecule has 1 N–H and O–H groups in total. The molecular weight excluding hydrogens is 318 g/mol. The van der Waals surface area contributed by atoms with E-state index < -0.39 is 0 Å². The molecule has 2 heteroatoms. The maximum atomic E-state index is 10.6. The number of fused-ring (bicyclic) bond motifs is 5. The average Bonchev–Trinajstić information content (AvgIpc) is 2.97. The average molecular weight is 358 g/mol. The second-order valence-corrected chi connectivity index (χ2v) is 10.9. The van der Waals surface area contributed by atoms with Crippen molar-refractivity contribution < 1.29 is 5.11 Å². The number of aliphatic hydroxyl groups excluding tert-OH is 1. The zero-order chi connectivity index (χ0) is 17.9. The molecule has 7 unspecified atom stereocenters. The monoisotopic (exact) mass is 357 g/mol. The van der Waals surface area contributed by atoms with Gasteiger partial charge in [0.1, 0.15) is 0 Å². The van der Waals surface area contributed by atoms with E-state index in [-0.39, 0.29) is 11.5 Å². The molecular formula is C24H39NO. The van der Waals surface area contributed by atoms with Gasteiger partial charge in [-0.3, -0.25) is 0 Å². The molecule has 4 fully saturated rings. The van der Waals surface area contributed by atoms with Crippen molar-refractivity contribution in [2.45, 2.75) is 90.6 Å². The summed E-state index contributed by atoms with van der Waals surface area (Å²) in [5.74, 6) is 3.49. The smallest absolute Gasteiger partial charge is 0.0596 e. The third-order valence-electron chi connectivity index (χ3n) is 10.0. The summed E-state index contributed by atoms with van der Waals surface area (Å²) < 4.78 is 0. The first-order chi connectivity index (χ1) is 12.5. The van der Waals surface area contributed by atoms with Crippen LogP contribution in [0.15, 0.2) is 11.8 Å². The van der Waals surface area contributed by atoms with Gasteiger partial charge in [0.25, 0.3) is 0 Å². The van der Waals surface area contributed by atoms with Gasteiger partial charge in [-0.25, -0.2) is 0 Å². The molecule has 26 heavy (non-hydrogen) atoms. The molecule has 2 nitrogen and oxygen atoms in total. The number of piperidine rings is 1. The fourth-order valence-corrected chi connectivity index (χ4v) is 8.27. The molecule has 3 saturated carbocycles. The molecule has 0 aromatic rings. The van der Waals surface area contributed by atoms with Crippen molar-refractivity contribution in [3.8, 4) is 0 Å². The second kappa shape index (κ2) is 6.26. The van der Waals surface area contributed by atoms with Gasteiger partial charge in [-0.15, -0.1) is 0 Å². The number of nitrogens with zero attached hydrogens (tertiary/aromatic N) is 1. The zero-order valence-corrected chi connectivity index (χ0v) is 17.1. The molecule has 0 aromatic carbocycles. The Morgan fingerprint density at radius 3 is 2.50 bits per heavy atom. The highest BCUT2D eigenvalue weighted by Gasteiger charge is 2.59. The Hall–Kier alpha value is -0.500. The van der Waals surface area contributed by atoms with E-state index in [1.165, 1.54) is 77.3 Å². The quantitative estimate of drug-likeness (QED) is 0.682. The van der Waals surface area contributed by atoms with Crippen molar-refractivity contribution in [2.24, 2.45) is 34.5 Å². The van der Waals surface area contributed by atoms with Gasteiger partial charge in [0.15, 0.2) is 0 Å². The minimum absolute atomic E-state index is 0.0315. The Morgan fingerprint density at radius 2 is 1.69 bits per heavy atom. The van der Waals surface area contributed by atoms with Crippen LogP contribution in [0.4, 0.5) is 0 Å². The highest BCUT2D eigenvalue weighted by atomic mass is 16.3. The van der Waals surface area contributed by atoms with Gasteiger partial charge in [0, 0.05) is 18.8 Å². The van der Waals surface area contributed by atoms with Crippen LogP contribution < -0.4 is 0 Å². The summed E-state index contributed by atoms with van der Waals surface area (Å²) in [6.07, 6.45) is 17.4. The maximum absolute atomic E-state index is 10.6. The van der Waals surface area contributed by atoms with Crippen LogP contribution in [0, 0.1) is 34.5 Å². The van der Waals surface area contributed by atoms with Crippen LogP contribution in [0.3, 0.4) is 0 Å². The summed E-state index contributed by atoms with van der Waals surface area (Å²) in [5, 5.41) is 10.6. The standard InChI is InChI=1S/C24H39NO/c1-23-12-10-18(25-14-4-3-5-15-25)16-17(23)6-7-19-20-8-9-22(26)24(20,2)13-11-21(19)23/h10,17,19-22,26H,3-9,11-16H2,1-2H3. The lowest BCUT2D eigenvalue weighted by molar-refractivity contribution is -0.111. The number of likely N-dealkylation sites (tertiary alicyclic amines) is 1. The molecule has 1 saturated heterocycles. The lowest BCUT2D eigenvalue weighted by atomic mass is 9.46. The summed E-state index contributed by atoms with van der Waals surface area (Å²) in [7, 11) is 0. The molecule has 0 aromatic heterocycles. The Labute approximate surface area is 160 Å². The van der Waals surface area contributed by atoms with E-state index in [1.54, 1.807) is 5.70 Å². The molecule has 0 amide bonds. The fourth-order valence-electron chi connectivity index (χ4n) is 8.27. The molecule has 0 radical (unpaired) electrons. The van der Waals surface area contributed by atoms with E-state index in [4.69, 9.17) is 0 Å². The third kappa shape index (κ3) is 2.46. The third-order valence-corrected chi connectivity index (χ3v) is 10.0. The first kappa shape index (κ1) is 17.6. The van der Waals surface area contributed by atoms with Gasteiger partial charge in [-0.2, -0.15) is 0 Å². The highest BCUT2D eigenvalue weighted by Crippen LogP contribution is 2.66. The maximum Gasteiger partial charge on any atom is 0.0596 e. The number of rotatable bonds is 1. The number of aliphatic hydroxyl groups is 1. The van der Waals surface area contributed by atoms with E-state index in [0.717, 1.165) is 30.1 Å². The molecule has 5 aliphatic rings. The summed E-state index contributed by atoms with van der Waals surface area (Å²) in [6, 6.07) is 0. The fraction of sp³-hybridized carbons (Fsp3) is 0.917. The summed E-state index contributed by atoms with van der Waals surface area (Å²) in [5.41, 5.74) is 2.45. The normalized spacial score (nSPS) is 51.3. The SMILES string of the molecule is CC12CCC3C(CCC4CC(N5CCCCC5)=CCC43C)C1CCC2O. The van der Waals surface area contributed by atoms with E-state index >= 15 is 0 Å². The summed E-state index contributed by atoms with van der Waals surface area (Å²) in [6.45, 7) is 7.67. The molecule has 0 spiro atoms. The Morgan fingerprint density at radius 1 is 0.923 bits per heavy atom. The minimum Gasteiger partial charge on any atom is -0.393 e. The number of allylic oxidation sites excluding steroid dienone is 2. The molecule has 5 rings (SSSR count). The Kier molecular flexibility index (Phi) is 4.23. The van der Waals surface area contributed by atoms with E-state index in [2.05, 4.69) is 24.8 Å². The van der Waals surface area contributed by atoms with E-state index in [0.29, 0.717) is 5.41 Å². The molecule has 1 aliphatic heterocycles. The minimum atomic E-state index is -0.0315. The van der Waals surface area contributed by atoms with Crippen molar-refractivity contribution in [1.82, 2.24) is 4.90 Å². The van der Waals surface area contributed by atoms with E-state index in [1.807, 2.05) is 0 Å². The van der Waals surface area contributed by atoms with Gasteiger partial charge in [-0.1, -0.05) is 19.9 Å². The van der Waals surface area contributed by atoms with E-state index in [9.17, 15) is 5.11 Å². The molecule has 7 atom stereocenters. The van der Waals surface area contributed by atoms with Crippen LogP contribution in [0.1, 0.15) is 84.5 Å². The topological polar surface area (TPSA) is 23.5 Å². The zero-order valence-electron chi connectivity index (χ0n) is 17.1. The number of hydrogen-bond acceptors (Lipinski definition) is 2. The van der Waals surface area contributed by atoms with Crippen molar-refractivity contribution >= 4 is 0 Å². The van der Waals surface area contributed by atoms with Gasteiger partial charge in [-0.05, 0) is 105 Å². The van der Waals surface area contributed by atoms with Crippen LogP contribution in [-0.2, 0) is 0 Å². The first-order valence-corrected chi connectivity index (χ1v) is 11.6. The summed E-state index contributed by atoms with van der Waals surface area (Å²) >= 11 is 0. The second-order valence-electron chi connectivity index (χ2n) is 10.9. The van der Waals surface area contributed by atoms with Crippen molar-refractivity contribution in [1.29, 1.82) is 0 Å². The summed E-state index contributed by atoms with van der Waals surface area (Å²) in [4.78, 5) is 2.72. The van der Waals surface area contributed by atoms with Crippen LogP contribution in [-0.4, -0.2) is 29.2 Å². The van der Waals surface area contributed by atoms with Crippen LogP contribution in [0.2, 0.25) is 0 Å². The van der Waals surface area contributed by atoms with Gasteiger partial charge < -0.3 is 10.0 Å². The lowest BCUT2D eigenvalue weighted by Crippen LogP contribution is -2.53. The highest BCUT2D eigenvalue weighted by molar-refractivity contribution is 5.17. The van der Waals surface area contributed by atoms with Gasteiger partial charge in [0.05, 0.1) is 6.10 Å². The molecule has 0 bridgehead atoms. The van der Waals surface area contributed by atoms with Crippen LogP contribution in [0.5, 0.6) is 0 Å². The first-order valence-electron chi connectivity index (χ1n) is 11.6. The van der Waals surface area contributed by atoms with Gasteiger partial charge >= 0.3 is 0 Å².